The van der Waals surface area contributed by atoms with Gasteiger partial charge in [-0.05, 0) is 50.0 Å². The Morgan fingerprint density at radius 2 is 1.87 bits per heavy atom. The highest BCUT2D eigenvalue weighted by Gasteiger charge is 2.50. The minimum atomic E-state index is -3.86. The van der Waals surface area contributed by atoms with Crippen molar-refractivity contribution in [2.45, 2.75) is 75.5 Å². The van der Waals surface area contributed by atoms with Crippen molar-refractivity contribution in [3.05, 3.63) is 46.3 Å². The summed E-state index contributed by atoms with van der Waals surface area (Å²) in [5.41, 5.74) is 0.287. The van der Waals surface area contributed by atoms with Crippen LogP contribution in [0.4, 0.5) is 4.39 Å². The maximum absolute atomic E-state index is 13.3. The van der Waals surface area contributed by atoms with Crippen molar-refractivity contribution in [2.75, 3.05) is 6.61 Å². The monoisotopic (exact) mass is 474 g/mol. The Balaban J connectivity index is 1.95. The second-order valence-corrected chi connectivity index (χ2v) is 10.4. The molecular weight excluding hydrogens is 447 g/mol. The topological polar surface area (TPSA) is 78.9 Å². The molecule has 0 aromatic heterocycles. The number of carbonyl (C=O) groups is 1. The van der Waals surface area contributed by atoms with E-state index >= 15 is 0 Å². The molecule has 0 saturated carbocycles. The third-order valence-electron chi connectivity index (χ3n) is 5.71. The number of ether oxygens (including phenoxy) is 3. The highest BCUT2D eigenvalue weighted by Crippen LogP contribution is 2.43. The number of esters is 1. The predicted octanol–water partition coefficient (Wildman–Crippen LogP) is 4.35. The van der Waals surface area contributed by atoms with E-state index in [9.17, 15) is 17.6 Å². The van der Waals surface area contributed by atoms with E-state index in [0.717, 1.165) is 25.0 Å². The van der Waals surface area contributed by atoms with Crippen LogP contribution in [0.1, 0.15) is 52.0 Å². The molecule has 0 amide bonds. The molecule has 31 heavy (non-hydrogen) atoms. The summed E-state index contributed by atoms with van der Waals surface area (Å²) in [7, 11) is -3.86. The van der Waals surface area contributed by atoms with Gasteiger partial charge in [-0.2, -0.15) is 0 Å². The van der Waals surface area contributed by atoms with Gasteiger partial charge in [0.25, 0.3) is 0 Å². The predicted molar refractivity (Wildman–Crippen MR) is 115 cm³/mol. The molecule has 0 N–H and O–H groups in total. The number of halogens is 2. The van der Waals surface area contributed by atoms with Gasteiger partial charge in [0.15, 0.2) is 15.6 Å². The van der Waals surface area contributed by atoms with E-state index in [1.54, 1.807) is 6.92 Å². The minimum Gasteiger partial charge on any atom is -0.463 e. The van der Waals surface area contributed by atoms with Crippen LogP contribution in [-0.4, -0.2) is 44.2 Å². The molecular formula is C22H28ClFO6S. The number of hydrogen-bond donors (Lipinski definition) is 0. The Kier molecular flexibility index (Phi) is 7.46. The number of sulfone groups is 1. The van der Waals surface area contributed by atoms with E-state index in [4.69, 9.17) is 25.8 Å². The van der Waals surface area contributed by atoms with Crippen molar-refractivity contribution < 1.29 is 31.8 Å². The Morgan fingerprint density at radius 3 is 2.42 bits per heavy atom. The Labute approximate surface area is 187 Å². The molecule has 1 saturated heterocycles. The normalized spacial score (nSPS) is 25.5. The summed E-state index contributed by atoms with van der Waals surface area (Å²) < 4.78 is 57.3. The summed E-state index contributed by atoms with van der Waals surface area (Å²) in [6, 6.07) is 3.57. The summed E-state index contributed by atoms with van der Waals surface area (Å²) in [5, 5.41) is -1.07. The van der Waals surface area contributed by atoms with Crippen LogP contribution in [0.5, 0.6) is 0 Å². The lowest BCUT2D eigenvalue weighted by atomic mass is 9.94. The SMILES string of the molecule is CCOC(=O)C1=CC2(CCC1S(=O)(=O)Cc1ccc(F)cc1Cl)O[C@@H](CC)[C@H](CC)O2. The van der Waals surface area contributed by atoms with Crippen molar-refractivity contribution in [1.82, 2.24) is 0 Å². The Bertz CT molecular complexity index is 949. The first-order valence-corrected chi connectivity index (χ1v) is 12.6. The van der Waals surface area contributed by atoms with E-state index in [1.807, 2.05) is 13.8 Å². The molecule has 1 aliphatic carbocycles. The van der Waals surface area contributed by atoms with Gasteiger partial charge in [-0.25, -0.2) is 17.6 Å². The van der Waals surface area contributed by atoms with Crippen LogP contribution in [0.3, 0.4) is 0 Å². The van der Waals surface area contributed by atoms with E-state index in [2.05, 4.69) is 0 Å². The highest BCUT2D eigenvalue weighted by molar-refractivity contribution is 7.91. The van der Waals surface area contributed by atoms with Crippen molar-refractivity contribution in [2.24, 2.45) is 0 Å². The molecule has 2 aliphatic rings. The molecule has 1 aromatic carbocycles. The molecule has 172 valence electrons. The summed E-state index contributed by atoms with van der Waals surface area (Å²) >= 11 is 6.03. The van der Waals surface area contributed by atoms with E-state index < -0.39 is 38.4 Å². The fraction of sp³-hybridized carbons (Fsp3) is 0.591. The van der Waals surface area contributed by atoms with Crippen LogP contribution in [0, 0.1) is 5.82 Å². The zero-order valence-electron chi connectivity index (χ0n) is 17.9. The van der Waals surface area contributed by atoms with Gasteiger partial charge in [-0.1, -0.05) is 31.5 Å². The second-order valence-electron chi connectivity index (χ2n) is 7.83. The third-order valence-corrected chi connectivity index (χ3v) is 8.14. The lowest BCUT2D eigenvalue weighted by Gasteiger charge is -2.33. The number of hydrogen-bond acceptors (Lipinski definition) is 6. The first-order chi connectivity index (χ1) is 14.6. The molecule has 1 aliphatic heterocycles. The summed E-state index contributed by atoms with van der Waals surface area (Å²) in [5.74, 6) is -2.81. The quantitative estimate of drug-likeness (QED) is 0.547. The van der Waals surface area contributed by atoms with Gasteiger partial charge in [0.05, 0.1) is 35.4 Å². The second kappa shape index (κ2) is 9.57. The third kappa shape index (κ3) is 5.13. The summed E-state index contributed by atoms with van der Waals surface area (Å²) in [6.45, 7) is 5.75. The van der Waals surface area contributed by atoms with Crippen LogP contribution in [0.2, 0.25) is 5.02 Å². The molecule has 6 nitrogen and oxygen atoms in total. The van der Waals surface area contributed by atoms with Gasteiger partial charge in [0, 0.05) is 11.4 Å². The van der Waals surface area contributed by atoms with Gasteiger partial charge < -0.3 is 14.2 Å². The molecule has 0 radical (unpaired) electrons. The molecule has 1 fully saturated rings. The van der Waals surface area contributed by atoms with Crippen molar-refractivity contribution in [1.29, 1.82) is 0 Å². The Morgan fingerprint density at radius 1 is 1.23 bits per heavy atom. The Hall–Kier alpha value is -1.48. The van der Waals surface area contributed by atoms with E-state index in [-0.39, 0.29) is 41.4 Å². The van der Waals surface area contributed by atoms with Crippen LogP contribution in [0.15, 0.2) is 29.8 Å². The molecule has 3 atom stereocenters. The van der Waals surface area contributed by atoms with Gasteiger partial charge >= 0.3 is 5.97 Å². The first-order valence-electron chi connectivity index (χ1n) is 10.6. The fourth-order valence-corrected chi connectivity index (χ4v) is 6.42. The molecule has 0 bridgehead atoms. The number of carbonyl (C=O) groups excluding carboxylic acids is 1. The smallest absolute Gasteiger partial charge is 0.335 e. The number of rotatable bonds is 7. The maximum atomic E-state index is 13.3. The van der Waals surface area contributed by atoms with Gasteiger partial charge in [0.1, 0.15) is 5.82 Å². The zero-order valence-corrected chi connectivity index (χ0v) is 19.5. The average molecular weight is 475 g/mol. The highest BCUT2D eigenvalue weighted by atomic mass is 35.5. The lowest BCUT2D eigenvalue weighted by molar-refractivity contribution is -0.151. The van der Waals surface area contributed by atoms with Crippen LogP contribution < -0.4 is 0 Å². The number of benzene rings is 1. The van der Waals surface area contributed by atoms with E-state index in [0.29, 0.717) is 6.42 Å². The van der Waals surface area contributed by atoms with Gasteiger partial charge in [0.2, 0.25) is 0 Å². The van der Waals surface area contributed by atoms with Crippen molar-refractivity contribution in [3.63, 3.8) is 0 Å². The molecule has 1 heterocycles. The molecule has 3 rings (SSSR count). The first kappa shape index (κ1) is 24.2. The minimum absolute atomic E-state index is 0.0120. The van der Waals surface area contributed by atoms with Gasteiger partial charge in [-0.15, -0.1) is 0 Å². The maximum Gasteiger partial charge on any atom is 0.335 e. The lowest BCUT2D eigenvalue weighted by Crippen LogP contribution is -2.41. The summed E-state index contributed by atoms with van der Waals surface area (Å²) in [6.07, 6.45) is 3.15. The van der Waals surface area contributed by atoms with Crippen LogP contribution in [0.25, 0.3) is 0 Å². The standard InChI is InChI=1S/C22H28ClFO6S/c1-4-18-19(5-2)30-22(29-18)10-9-20(16(12-22)21(25)28-6-3)31(26,27)13-14-7-8-15(24)11-17(14)23/h7-8,11-12,18-20H,4-6,9-10,13H2,1-3H3/t18-,19-,20?/m0/s1. The van der Waals surface area contributed by atoms with E-state index in [1.165, 1.54) is 12.1 Å². The van der Waals surface area contributed by atoms with Crippen molar-refractivity contribution in [3.8, 4) is 0 Å². The zero-order chi connectivity index (χ0) is 22.8. The average Bonchev–Trinajstić information content (AvgIpc) is 3.07. The van der Waals surface area contributed by atoms with Crippen molar-refractivity contribution >= 4 is 27.4 Å². The molecule has 1 aromatic rings. The molecule has 1 spiro atoms. The summed E-state index contributed by atoms with van der Waals surface area (Å²) in [4.78, 5) is 12.7. The van der Waals surface area contributed by atoms with Crippen LogP contribution in [-0.2, 0) is 34.6 Å². The largest absolute Gasteiger partial charge is 0.463 e. The molecule has 9 heteroatoms. The molecule has 1 unspecified atom stereocenters. The fourth-order valence-electron chi connectivity index (χ4n) is 4.19. The van der Waals surface area contributed by atoms with Crippen LogP contribution >= 0.6 is 11.6 Å². The van der Waals surface area contributed by atoms with Gasteiger partial charge in [-0.3, -0.25) is 0 Å².